The van der Waals surface area contributed by atoms with Gasteiger partial charge in [-0.25, -0.2) is 0 Å². The summed E-state index contributed by atoms with van der Waals surface area (Å²) in [5.41, 5.74) is 2.55. The van der Waals surface area contributed by atoms with Crippen LogP contribution in [0.25, 0.3) is 0 Å². The summed E-state index contributed by atoms with van der Waals surface area (Å²) in [4.78, 5) is 15.8. The molecule has 0 bridgehead atoms. The highest BCUT2D eigenvalue weighted by atomic mass is 16.5. The van der Waals surface area contributed by atoms with Crippen LogP contribution in [0.1, 0.15) is 41.4 Å². The van der Waals surface area contributed by atoms with Crippen LogP contribution in [0, 0.1) is 0 Å². The molecule has 0 aliphatic carbocycles. The number of rotatable bonds is 11. The first-order chi connectivity index (χ1) is 18.5. The lowest BCUT2D eigenvalue weighted by atomic mass is 9.91. The Labute approximate surface area is 224 Å². The molecule has 0 spiro atoms. The zero-order valence-corrected chi connectivity index (χ0v) is 22.6. The van der Waals surface area contributed by atoms with Gasteiger partial charge in [-0.15, -0.1) is 0 Å². The number of fused-ring (bicyclic) bond motifs is 1. The maximum Gasteiger partial charge on any atom is 0.254 e. The molecule has 0 saturated heterocycles. The minimum atomic E-state index is -0.377. The molecule has 0 fully saturated rings. The lowest BCUT2D eigenvalue weighted by Gasteiger charge is -2.38. The van der Waals surface area contributed by atoms with E-state index in [1.165, 1.54) is 0 Å². The second-order valence-corrected chi connectivity index (χ2v) is 8.66. The van der Waals surface area contributed by atoms with Gasteiger partial charge in [0.1, 0.15) is 6.61 Å². The Morgan fingerprint density at radius 2 is 1.39 bits per heavy atom. The molecular weight excluding hydrogens is 486 g/mol. The van der Waals surface area contributed by atoms with E-state index in [1.807, 2.05) is 55.1 Å². The number of benzene rings is 3. The van der Waals surface area contributed by atoms with E-state index in [2.05, 4.69) is 0 Å². The molecule has 1 aliphatic heterocycles. The highest BCUT2D eigenvalue weighted by molar-refractivity contribution is 5.95. The van der Waals surface area contributed by atoms with Gasteiger partial charge in [0, 0.05) is 12.1 Å². The molecule has 38 heavy (non-hydrogen) atoms. The van der Waals surface area contributed by atoms with Gasteiger partial charge in [-0.1, -0.05) is 12.1 Å². The van der Waals surface area contributed by atoms with Crippen LogP contribution in [0.4, 0.5) is 0 Å². The lowest BCUT2D eigenvalue weighted by molar-refractivity contribution is 0.0587. The average Bonchev–Trinajstić information content (AvgIpc) is 2.95. The summed E-state index contributed by atoms with van der Waals surface area (Å²) in [6, 6.07) is 16.3. The number of amides is 1. The van der Waals surface area contributed by atoms with Crippen molar-refractivity contribution in [3.8, 4) is 34.5 Å². The van der Waals surface area contributed by atoms with E-state index in [0.29, 0.717) is 66.2 Å². The first-order valence-corrected chi connectivity index (χ1v) is 12.8. The zero-order valence-electron chi connectivity index (χ0n) is 22.6. The van der Waals surface area contributed by atoms with E-state index in [0.717, 1.165) is 11.1 Å². The molecule has 0 N–H and O–H groups in total. The molecule has 8 nitrogen and oxygen atoms in total. The Morgan fingerprint density at radius 3 is 2.08 bits per heavy atom. The smallest absolute Gasteiger partial charge is 0.254 e. The lowest BCUT2D eigenvalue weighted by Crippen LogP contribution is -2.42. The highest BCUT2D eigenvalue weighted by Gasteiger charge is 2.34. The van der Waals surface area contributed by atoms with Gasteiger partial charge in [-0.2, -0.15) is 0 Å². The number of hydrogen-bond acceptors (Lipinski definition) is 7. The minimum absolute atomic E-state index is 0.122. The normalized spacial score (nSPS) is 14.3. The maximum absolute atomic E-state index is 14.0. The highest BCUT2D eigenvalue weighted by Crippen LogP contribution is 2.40. The molecule has 1 atom stereocenters. The number of para-hydroxylation sites is 2. The molecule has 202 valence electrons. The topological polar surface area (TPSA) is 75.7 Å². The van der Waals surface area contributed by atoms with Crippen LogP contribution in [-0.2, 0) is 6.42 Å². The van der Waals surface area contributed by atoms with Crippen molar-refractivity contribution in [3.63, 3.8) is 0 Å². The quantitative estimate of drug-likeness (QED) is 0.338. The van der Waals surface area contributed by atoms with E-state index in [1.54, 1.807) is 39.5 Å². The number of hydrogen-bond donors (Lipinski definition) is 0. The number of ether oxygens (including phenoxy) is 6. The molecule has 0 radical (unpaired) electrons. The second kappa shape index (κ2) is 12.4. The molecule has 4 rings (SSSR count). The van der Waals surface area contributed by atoms with E-state index in [9.17, 15) is 4.79 Å². The minimum Gasteiger partial charge on any atom is -0.493 e. The molecule has 1 aliphatic rings. The fraction of sp³-hybridized carbons (Fsp3) is 0.367. The molecule has 1 amide bonds. The summed E-state index contributed by atoms with van der Waals surface area (Å²) in [5.74, 6) is 3.53. The third-order valence-electron chi connectivity index (χ3n) is 6.52. The molecule has 8 heteroatoms. The van der Waals surface area contributed by atoms with Crippen LogP contribution in [0.3, 0.4) is 0 Å². The second-order valence-electron chi connectivity index (χ2n) is 8.66. The number of nitrogens with zero attached hydrogens (tertiary/aromatic N) is 1. The monoisotopic (exact) mass is 521 g/mol. The van der Waals surface area contributed by atoms with Crippen LogP contribution in [0.15, 0.2) is 54.6 Å². The van der Waals surface area contributed by atoms with Gasteiger partial charge in [0.05, 0.1) is 40.6 Å². The Morgan fingerprint density at radius 1 is 0.763 bits per heavy atom. The summed E-state index contributed by atoms with van der Waals surface area (Å²) in [6.07, 6.45) is 0.669. The van der Waals surface area contributed by atoms with Crippen LogP contribution in [0.5, 0.6) is 34.5 Å². The van der Waals surface area contributed by atoms with Gasteiger partial charge in [0.2, 0.25) is 0 Å². The van der Waals surface area contributed by atoms with Crippen molar-refractivity contribution in [1.29, 1.82) is 0 Å². The van der Waals surface area contributed by atoms with E-state index < -0.39 is 0 Å². The predicted molar refractivity (Wildman–Crippen MR) is 144 cm³/mol. The van der Waals surface area contributed by atoms with Gasteiger partial charge in [-0.05, 0) is 73.9 Å². The van der Waals surface area contributed by atoms with E-state index in [-0.39, 0.29) is 18.6 Å². The van der Waals surface area contributed by atoms with Crippen molar-refractivity contribution >= 4 is 5.91 Å². The average molecular weight is 522 g/mol. The summed E-state index contributed by atoms with van der Waals surface area (Å²) < 4.78 is 34.3. The fourth-order valence-electron chi connectivity index (χ4n) is 4.71. The van der Waals surface area contributed by atoms with Gasteiger partial charge >= 0.3 is 0 Å². The molecule has 0 unspecified atom stereocenters. The molecule has 3 aromatic rings. The van der Waals surface area contributed by atoms with Crippen molar-refractivity contribution in [2.45, 2.75) is 26.3 Å². The SMILES string of the molecule is CCOc1ccc(C(=O)N2CCc3cc(OC)c(OC)cc3[C@@H]2COc2ccccc2OC)cc1OCC. The zero-order chi connectivity index (χ0) is 27.1. The van der Waals surface area contributed by atoms with Crippen molar-refractivity contribution in [1.82, 2.24) is 4.90 Å². The maximum atomic E-state index is 14.0. The molecule has 1 heterocycles. The molecular formula is C30H35NO7. The van der Waals surface area contributed by atoms with E-state index >= 15 is 0 Å². The van der Waals surface area contributed by atoms with Crippen LogP contribution in [-0.4, -0.2) is 58.5 Å². The van der Waals surface area contributed by atoms with E-state index in [4.69, 9.17) is 28.4 Å². The van der Waals surface area contributed by atoms with Crippen molar-refractivity contribution < 1.29 is 33.2 Å². The Bertz CT molecular complexity index is 1260. The van der Waals surface area contributed by atoms with Gasteiger partial charge in [-0.3, -0.25) is 4.79 Å². The predicted octanol–water partition coefficient (Wildman–Crippen LogP) is 5.33. The van der Waals surface area contributed by atoms with Crippen molar-refractivity contribution in [2.24, 2.45) is 0 Å². The summed E-state index contributed by atoms with van der Waals surface area (Å²) in [6.45, 7) is 5.52. The summed E-state index contributed by atoms with van der Waals surface area (Å²) in [5, 5.41) is 0. The Balaban J connectivity index is 1.72. The van der Waals surface area contributed by atoms with Crippen LogP contribution >= 0.6 is 0 Å². The third-order valence-corrected chi connectivity index (χ3v) is 6.52. The van der Waals surface area contributed by atoms with Gasteiger partial charge in [0.25, 0.3) is 5.91 Å². The van der Waals surface area contributed by atoms with Crippen molar-refractivity contribution in [3.05, 3.63) is 71.3 Å². The van der Waals surface area contributed by atoms with Crippen LogP contribution < -0.4 is 28.4 Å². The number of carbonyl (C=O) groups is 1. The molecule has 0 aromatic heterocycles. The van der Waals surface area contributed by atoms with Gasteiger partial charge < -0.3 is 33.3 Å². The molecule has 0 saturated carbocycles. The summed E-state index contributed by atoms with van der Waals surface area (Å²) >= 11 is 0. The Kier molecular flexibility index (Phi) is 8.84. The third kappa shape index (κ3) is 5.59. The van der Waals surface area contributed by atoms with Crippen molar-refractivity contribution in [2.75, 3.05) is 47.7 Å². The Hall–Kier alpha value is -4.07. The summed E-state index contributed by atoms with van der Waals surface area (Å²) in [7, 11) is 4.82. The van der Waals surface area contributed by atoms with Gasteiger partial charge in [0.15, 0.2) is 34.5 Å². The first-order valence-electron chi connectivity index (χ1n) is 12.8. The molecule has 3 aromatic carbocycles. The van der Waals surface area contributed by atoms with Crippen LogP contribution in [0.2, 0.25) is 0 Å². The number of methoxy groups -OCH3 is 3. The first kappa shape index (κ1) is 27.0. The fourth-order valence-corrected chi connectivity index (χ4v) is 4.71. The number of carbonyl (C=O) groups excluding carboxylic acids is 1. The largest absolute Gasteiger partial charge is 0.493 e. The standard InChI is InChI=1S/C30H35NO7/c1-6-36-26-13-12-21(17-29(26)37-7-2)30(32)31-15-14-20-16-27(34-4)28(35-5)18-22(20)23(31)19-38-25-11-9-8-10-24(25)33-3/h8-13,16-18,23H,6-7,14-15,19H2,1-5H3/t23-/m0/s1.